The molecule has 3 aromatic rings. The monoisotopic (exact) mass is 672 g/mol. The highest BCUT2D eigenvalue weighted by Crippen LogP contribution is 2.41. The Morgan fingerprint density at radius 3 is 2.52 bits per heavy atom. The highest BCUT2D eigenvalue weighted by atomic mass is 32.2. The van der Waals surface area contributed by atoms with Crippen LogP contribution in [0.4, 0.5) is 20.6 Å². The SMILES string of the molecule is C=C/C=C(\C=C/C)COC(=O)NCC(=O)Nc1ccc(C2SC(=Nc3cccc(F)c3)N(CCc3ccc(OC)c(OC)c3)C2=O)cc1. The number of nitrogens with one attached hydrogen (secondary N) is 2. The highest BCUT2D eigenvalue weighted by Gasteiger charge is 2.39. The number of methoxy groups -OCH3 is 2. The number of anilines is 1. The predicted octanol–water partition coefficient (Wildman–Crippen LogP) is 6.74. The number of halogens is 1. The molecule has 2 N–H and O–H groups in total. The number of aliphatic imine (C=N–C) groups is 1. The Labute approximate surface area is 283 Å². The van der Waals surface area contributed by atoms with Crippen LogP contribution in [-0.4, -0.2) is 61.9 Å². The van der Waals surface area contributed by atoms with Crippen LogP contribution in [0.3, 0.4) is 0 Å². The van der Waals surface area contributed by atoms with E-state index in [1.54, 1.807) is 73.7 Å². The molecule has 0 aliphatic carbocycles. The van der Waals surface area contributed by atoms with Gasteiger partial charge in [0.05, 0.1) is 19.9 Å². The molecule has 250 valence electrons. The fourth-order valence-electron chi connectivity index (χ4n) is 4.71. The lowest BCUT2D eigenvalue weighted by molar-refractivity contribution is -0.126. The summed E-state index contributed by atoms with van der Waals surface area (Å²) >= 11 is 1.27. The maximum absolute atomic E-state index is 13.9. The minimum Gasteiger partial charge on any atom is -0.493 e. The van der Waals surface area contributed by atoms with E-state index in [0.29, 0.717) is 46.6 Å². The van der Waals surface area contributed by atoms with Gasteiger partial charge in [-0.3, -0.25) is 14.5 Å². The van der Waals surface area contributed by atoms with Gasteiger partial charge in [-0.25, -0.2) is 14.2 Å². The van der Waals surface area contributed by atoms with Crippen molar-refractivity contribution in [1.29, 1.82) is 0 Å². The zero-order valence-electron chi connectivity index (χ0n) is 26.9. The standard InChI is InChI=1S/C36H37FN4O6S/c1-5-8-25(9-6-2)23-47-36(44)38-22-32(42)39-28-15-13-26(14-16-28)33-34(43)41(35(48-33)40-29-11-7-10-27(37)21-29)19-18-24-12-17-30(45-3)31(20-24)46-4/h5-17,20-21,33H,1,18-19,22-23H2,2-4H3,(H,38,44)(H,39,42)/b9-6-,25-8+,40-35?. The molecular weight excluding hydrogens is 635 g/mol. The lowest BCUT2D eigenvalue weighted by atomic mass is 10.1. The van der Waals surface area contributed by atoms with E-state index in [4.69, 9.17) is 14.2 Å². The van der Waals surface area contributed by atoms with E-state index in [1.165, 1.54) is 23.9 Å². The van der Waals surface area contributed by atoms with Gasteiger partial charge in [-0.1, -0.05) is 66.9 Å². The Hall–Kier alpha value is -5.36. The van der Waals surface area contributed by atoms with Crippen molar-refractivity contribution in [3.63, 3.8) is 0 Å². The summed E-state index contributed by atoms with van der Waals surface area (Å²) in [4.78, 5) is 44.5. The second-order valence-corrected chi connectivity index (χ2v) is 11.5. The lowest BCUT2D eigenvalue weighted by Gasteiger charge is -2.17. The molecule has 10 nitrogen and oxygen atoms in total. The number of ether oxygens (including phenoxy) is 3. The molecule has 3 aromatic carbocycles. The van der Waals surface area contributed by atoms with Crippen LogP contribution in [0.25, 0.3) is 0 Å². The molecule has 0 saturated carbocycles. The molecule has 48 heavy (non-hydrogen) atoms. The molecule has 0 aromatic heterocycles. The molecule has 0 spiro atoms. The zero-order valence-corrected chi connectivity index (χ0v) is 27.7. The highest BCUT2D eigenvalue weighted by molar-refractivity contribution is 8.15. The summed E-state index contributed by atoms with van der Waals surface area (Å²) < 4.78 is 29.8. The number of allylic oxidation sites excluding steroid dienone is 3. The number of rotatable bonds is 14. The summed E-state index contributed by atoms with van der Waals surface area (Å²) in [5.74, 6) is 0.139. The molecule has 3 amide bonds. The minimum atomic E-state index is -0.733. The van der Waals surface area contributed by atoms with Crippen molar-refractivity contribution in [2.24, 2.45) is 4.99 Å². The molecule has 4 rings (SSSR count). The first-order chi connectivity index (χ1) is 23.2. The Kier molecular flexibility index (Phi) is 13.0. The van der Waals surface area contributed by atoms with Crippen LogP contribution in [0, 0.1) is 5.82 Å². The molecule has 0 radical (unpaired) electrons. The van der Waals surface area contributed by atoms with E-state index < -0.39 is 23.1 Å². The number of alkyl carbamates (subject to hydrolysis) is 1. The Morgan fingerprint density at radius 2 is 1.83 bits per heavy atom. The predicted molar refractivity (Wildman–Crippen MR) is 186 cm³/mol. The summed E-state index contributed by atoms with van der Waals surface area (Å²) in [5.41, 5.74) is 3.26. The first kappa shape index (κ1) is 35.5. The van der Waals surface area contributed by atoms with E-state index in [0.717, 1.165) is 11.1 Å². The molecule has 1 saturated heterocycles. The van der Waals surface area contributed by atoms with Crippen LogP contribution in [0.5, 0.6) is 11.5 Å². The third kappa shape index (κ3) is 9.82. The van der Waals surface area contributed by atoms with Crippen molar-refractivity contribution in [1.82, 2.24) is 10.2 Å². The van der Waals surface area contributed by atoms with Gasteiger partial charge in [-0.05, 0) is 72.5 Å². The van der Waals surface area contributed by atoms with Gasteiger partial charge in [-0.2, -0.15) is 0 Å². The van der Waals surface area contributed by atoms with Crippen molar-refractivity contribution >= 4 is 46.2 Å². The van der Waals surface area contributed by atoms with Crippen molar-refractivity contribution in [3.05, 3.63) is 120 Å². The Morgan fingerprint density at radius 1 is 1.06 bits per heavy atom. The van der Waals surface area contributed by atoms with Crippen LogP contribution in [0.15, 0.2) is 108 Å². The third-order valence-corrected chi connectivity index (χ3v) is 8.25. The van der Waals surface area contributed by atoms with E-state index in [9.17, 15) is 18.8 Å². The number of hydrogen-bond donors (Lipinski definition) is 2. The van der Waals surface area contributed by atoms with E-state index in [1.807, 2.05) is 31.2 Å². The van der Waals surface area contributed by atoms with Gasteiger partial charge in [0.2, 0.25) is 11.8 Å². The lowest BCUT2D eigenvalue weighted by Crippen LogP contribution is -2.33. The van der Waals surface area contributed by atoms with Crippen LogP contribution in [0.1, 0.15) is 23.3 Å². The van der Waals surface area contributed by atoms with Crippen LogP contribution in [0.2, 0.25) is 0 Å². The molecule has 1 unspecified atom stereocenters. The maximum atomic E-state index is 13.9. The number of nitrogens with zero attached hydrogens (tertiary/aromatic N) is 2. The average Bonchev–Trinajstić information content (AvgIpc) is 3.39. The first-order valence-corrected chi connectivity index (χ1v) is 15.9. The van der Waals surface area contributed by atoms with Crippen LogP contribution < -0.4 is 20.1 Å². The number of amidine groups is 1. The molecule has 1 aliphatic rings. The number of carbonyl (C=O) groups excluding carboxylic acids is 3. The zero-order chi connectivity index (χ0) is 34.5. The molecular formula is C36H37FN4O6S. The van der Waals surface area contributed by atoms with Gasteiger partial charge < -0.3 is 24.8 Å². The van der Waals surface area contributed by atoms with Crippen LogP contribution >= 0.6 is 11.8 Å². The molecule has 12 heteroatoms. The van der Waals surface area contributed by atoms with Gasteiger partial charge in [0.1, 0.15) is 24.2 Å². The van der Waals surface area contributed by atoms with Crippen LogP contribution in [-0.2, 0) is 20.7 Å². The maximum Gasteiger partial charge on any atom is 0.407 e. The normalized spacial score (nSPS) is 15.5. The van der Waals surface area contributed by atoms with E-state index in [2.05, 4.69) is 22.2 Å². The number of amides is 3. The summed E-state index contributed by atoms with van der Waals surface area (Å²) in [6.45, 7) is 5.54. The average molecular weight is 673 g/mol. The summed E-state index contributed by atoms with van der Waals surface area (Å²) in [6.07, 6.45) is 6.69. The topological polar surface area (TPSA) is 119 Å². The van der Waals surface area contributed by atoms with Gasteiger partial charge in [0.25, 0.3) is 0 Å². The molecule has 1 heterocycles. The smallest absolute Gasteiger partial charge is 0.407 e. The van der Waals surface area contributed by atoms with E-state index in [-0.39, 0.29) is 19.1 Å². The third-order valence-electron chi connectivity index (χ3n) is 7.02. The summed E-state index contributed by atoms with van der Waals surface area (Å²) in [5, 5.41) is 4.98. The van der Waals surface area contributed by atoms with E-state index >= 15 is 0 Å². The van der Waals surface area contributed by atoms with Crippen molar-refractivity contribution in [2.75, 3.05) is 39.2 Å². The summed E-state index contributed by atoms with van der Waals surface area (Å²) in [7, 11) is 3.13. The quantitative estimate of drug-likeness (QED) is 0.182. The number of hydrogen-bond acceptors (Lipinski definition) is 8. The molecule has 1 atom stereocenters. The van der Waals surface area contributed by atoms with Gasteiger partial charge in [0, 0.05) is 12.2 Å². The number of carbonyl (C=O) groups is 3. The van der Waals surface area contributed by atoms with Gasteiger partial charge in [0.15, 0.2) is 16.7 Å². The first-order valence-electron chi connectivity index (χ1n) is 15.0. The Bertz CT molecular complexity index is 1720. The second-order valence-electron chi connectivity index (χ2n) is 10.4. The minimum absolute atomic E-state index is 0.0332. The Balaban J connectivity index is 1.41. The van der Waals surface area contributed by atoms with Crippen molar-refractivity contribution in [2.45, 2.75) is 18.6 Å². The summed E-state index contributed by atoms with van der Waals surface area (Å²) in [6, 6.07) is 18.3. The molecule has 0 bridgehead atoms. The fraction of sp³-hybridized carbons (Fsp3) is 0.222. The fourth-order valence-corrected chi connectivity index (χ4v) is 5.91. The number of benzene rings is 3. The number of thioether (sulfide) groups is 1. The van der Waals surface area contributed by atoms with Gasteiger partial charge >= 0.3 is 6.09 Å². The molecule has 1 fully saturated rings. The van der Waals surface area contributed by atoms with Crippen molar-refractivity contribution in [3.8, 4) is 11.5 Å². The largest absolute Gasteiger partial charge is 0.493 e. The molecule has 1 aliphatic heterocycles. The van der Waals surface area contributed by atoms with Crippen molar-refractivity contribution < 1.29 is 33.0 Å². The van der Waals surface area contributed by atoms with Gasteiger partial charge in [-0.15, -0.1) is 0 Å². The second kappa shape index (κ2) is 17.5.